The van der Waals surface area contributed by atoms with E-state index in [1.54, 1.807) is 0 Å². The quantitative estimate of drug-likeness (QED) is 0.330. The van der Waals surface area contributed by atoms with Crippen LogP contribution in [-0.4, -0.2) is 122 Å². The number of piperazine rings is 1. The Kier molecular flexibility index (Phi) is 9.81. The van der Waals surface area contributed by atoms with E-state index in [9.17, 15) is 4.79 Å². The molecule has 2 aromatic carbocycles. The maximum absolute atomic E-state index is 13.4. The lowest BCUT2D eigenvalue weighted by Gasteiger charge is -2.38. The summed E-state index contributed by atoms with van der Waals surface area (Å²) in [7, 11) is 2.16. The zero-order valence-electron chi connectivity index (χ0n) is 27.7. The van der Waals surface area contributed by atoms with Gasteiger partial charge < -0.3 is 29.1 Å². The number of morpholine rings is 1. The summed E-state index contributed by atoms with van der Waals surface area (Å²) < 4.78 is 11.8. The average Bonchev–Trinajstić information content (AvgIpc) is 3.53. The van der Waals surface area contributed by atoms with Gasteiger partial charge >= 0.3 is 6.01 Å². The maximum atomic E-state index is 13.4. The SMILES string of the molecule is C/C(=C\CN1CCOCC1)C(=O)N1CCN(c2nc(OC[C@@H]3CCCN3C)nc3c2CCN(c2cccc4cccc(Cl)c24)C3)CC1. The van der Waals surface area contributed by atoms with E-state index in [4.69, 9.17) is 31.0 Å². The first-order valence-electron chi connectivity index (χ1n) is 17.1. The van der Waals surface area contributed by atoms with Gasteiger partial charge in [0.2, 0.25) is 5.91 Å². The van der Waals surface area contributed by atoms with Gasteiger partial charge in [-0.25, -0.2) is 0 Å². The summed E-state index contributed by atoms with van der Waals surface area (Å²) in [5.74, 6) is 1.07. The minimum atomic E-state index is 0.122. The molecule has 1 atom stereocenters. The summed E-state index contributed by atoms with van der Waals surface area (Å²) >= 11 is 6.73. The predicted molar refractivity (Wildman–Crippen MR) is 187 cm³/mol. The molecule has 0 spiro atoms. The molecule has 3 aromatic rings. The molecule has 0 N–H and O–H groups in total. The molecule has 0 bridgehead atoms. The Morgan fingerprint density at radius 1 is 1.00 bits per heavy atom. The van der Waals surface area contributed by atoms with Gasteiger partial charge in [0, 0.05) is 80.6 Å². The molecule has 10 nitrogen and oxygen atoms in total. The zero-order valence-corrected chi connectivity index (χ0v) is 28.4. The first-order valence-corrected chi connectivity index (χ1v) is 17.5. The normalized spacial score (nSPS) is 21.4. The number of benzene rings is 2. The monoisotopic (exact) mass is 659 g/mol. The van der Waals surface area contributed by atoms with Gasteiger partial charge in [-0.2, -0.15) is 9.97 Å². The molecule has 47 heavy (non-hydrogen) atoms. The Bertz CT molecular complexity index is 1610. The molecule has 7 rings (SSSR count). The van der Waals surface area contributed by atoms with E-state index >= 15 is 0 Å². The summed E-state index contributed by atoms with van der Waals surface area (Å²) in [6.07, 6.45) is 5.20. The highest BCUT2D eigenvalue weighted by Crippen LogP contribution is 2.37. The summed E-state index contributed by atoms with van der Waals surface area (Å²) in [4.78, 5) is 34.8. The number of hydrogen-bond acceptors (Lipinski definition) is 9. The highest BCUT2D eigenvalue weighted by atomic mass is 35.5. The second kappa shape index (κ2) is 14.4. The third kappa shape index (κ3) is 7.06. The van der Waals surface area contributed by atoms with Gasteiger partial charge in [-0.3, -0.25) is 9.69 Å². The van der Waals surface area contributed by atoms with E-state index in [1.165, 1.54) is 12.0 Å². The number of hydrogen-bond donors (Lipinski definition) is 0. The van der Waals surface area contributed by atoms with Crippen LogP contribution < -0.4 is 14.5 Å². The van der Waals surface area contributed by atoms with Crippen LogP contribution in [0.25, 0.3) is 10.8 Å². The molecule has 1 aromatic heterocycles. The van der Waals surface area contributed by atoms with Crippen molar-refractivity contribution in [3.05, 3.63) is 64.3 Å². The van der Waals surface area contributed by atoms with E-state index in [-0.39, 0.29) is 5.91 Å². The average molecular weight is 660 g/mol. The number of ether oxygens (including phenoxy) is 2. The Labute approximate surface area is 282 Å². The highest BCUT2D eigenvalue weighted by Gasteiger charge is 2.30. The van der Waals surface area contributed by atoms with Crippen molar-refractivity contribution in [2.45, 2.75) is 38.8 Å². The second-order valence-electron chi connectivity index (χ2n) is 13.2. The Balaban J connectivity index is 1.10. The summed E-state index contributed by atoms with van der Waals surface area (Å²) in [5, 5.41) is 2.97. The van der Waals surface area contributed by atoms with Crippen molar-refractivity contribution in [1.29, 1.82) is 0 Å². The number of carbonyl (C=O) groups is 1. The van der Waals surface area contributed by atoms with Gasteiger partial charge in [-0.05, 0) is 57.3 Å². The fraction of sp³-hybridized carbons (Fsp3) is 0.528. The fourth-order valence-electron chi connectivity index (χ4n) is 7.33. The Hall–Kier alpha value is -3.44. The molecule has 0 unspecified atom stereocenters. The molecule has 3 fully saturated rings. The maximum Gasteiger partial charge on any atom is 0.318 e. The summed E-state index contributed by atoms with van der Waals surface area (Å²) in [6, 6.07) is 13.3. The number of likely N-dealkylation sites (N-methyl/N-ethyl adjacent to an activating group) is 1. The van der Waals surface area contributed by atoms with Crippen molar-refractivity contribution in [3.63, 3.8) is 0 Å². The molecule has 3 saturated heterocycles. The van der Waals surface area contributed by atoms with Crippen LogP contribution in [0, 0.1) is 0 Å². The van der Waals surface area contributed by atoms with Crippen LogP contribution in [0.3, 0.4) is 0 Å². The Morgan fingerprint density at radius 3 is 2.55 bits per heavy atom. The van der Waals surface area contributed by atoms with Gasteiger partial charge in [0.25, 0.3) is 0 Å². The highest BCUT2D eigenvalue weighted by molar-refractivity contribution is 6.36. The minimum Gasteiger partial charge on any atom is -0.462 e. The summed E-state index contributed by atoms with van der Waals surface area (Å²) in [5.41, 5.74) is 4.11. The largest absolute Gasteiger partial charge is 0.462 e. The molecule has 0 saturated carbocycles. The van der Waals surface area contributed by atoms with Crippen LogP contribution in [0.1, 0.15) is 31.0 Å². The third-order valence-corrected chi connectivity index (χ3v) is 10.5. The molecular weight excluding hydrogens is 614 g/mol. The number of anilines is 2. The van der Waals surface area contributed by atoms with E-state index in [0.717, 1.165) is 110 Å². The number of amides is 1. The van der Waals surface area contributed by atoms with Crippen molar-refractivity contribution >= 4 is 39.8 Å². The molecule has 5 heterocycles. The van der Waals surface area contributed by atoms with Gasteiger partial charge in [-0.15, -0.1) is 0 Å². The van der Waals surface area contributed by atoms with E-state index in [2.05, 4.69) is 57.0 Å². The lowest BCUT2D eigenvalue weighted by atomic mass is 10.0. The molecule has 4 aliphatic heterocycles. The number of rotatable bonds is 8. The lowest BCUT2D eigenvalue weighted by molar-refractivity contribution is -0.127. The van der Waals surface area contributed by atoms with Crippen LogP contribution in [0.4, 0.5) is 11.5 Å². The van der Waals surface area contributed by atoms with Crippen LogP contribution in [0.2, 0.25) is 5.02 Å². The number of carbonyl (C=O) groups excluding carboxylic acids is 1. The Morgan fingerprint density at radius 2 is 1.79 bits per heavy atom. The van der Waals surface area contributed by atoms with Gasteiger partial charge in [0.15, 0.2) is 0 Å². The van der Waals surface area contributed by atoms with E-state index < -0.39 is 0 Å². The van der Waals surface area contributed by atoms with Crippen molar-refractivity contribution in [2.75, 3.05) is 95.6 Å². The van der Waals surface area contributed by atoms with Crippen molar-refractivity contribution < 1.29 is 14.3 Å². The van der Waals surface area contributed by atoms with Crippen molar-refractivity contribution in [2.24, 2.45) is 0 Å². The topological polar surface area (TPSA) is 77.5 Å². The molecule has 0 aliphatic carbocycles. The lowest BCUT2D eigenvalue weighted by Crippen LogP contribution is -2.50. The number of nitrogens with zero attached hydrogens (tertiary/aromatic N) is 7. The number of halogens is 1. The predicted octanol–water partition coefficient (Wildman–Crippen LogP) is 4.25. The fourth-order valence-corrected chi connectivity index (χ4v) is 7.61. The summed E-state index contributed by atoms with van der Waals surface area (Å²) in [6.45, 7) is 12.0. The van der Waals surface area contributed by atoms with E-state index in [0.29, 0.717) is 38.3 Å². The first kappa shape index (κ1) is 32.1. The van der Waals surface area contributed by atoms with Crippen LogP contribution in [0.15, 0.2) is 48.0 Å². The van der Waals surface area contributed by atoms with Gasteiger partial charge in [0.05, 0.1) is 30.5 Å². The number of fused-ring (bicyclic) bond motifs is 2. The molecule has 0 radical (unpaired) electrons. The smallest absolute Gasteiger partial charge is 0.318 e. The number of aromatic nitrogens is 2. The molecule has 1 amide bonds. The second-order valence-corrected chi connectivity index (χ2v) is 13.6. The minimum absolute atomic E-state index is 0.122. The molecule has 11 heteroatoms. The zero-order chi connectivity index (χ0) is 32.3. The van der Waals surface area contributed by atoms with Crippen molar-refractivity contribution in [1.82, 2.24) is 24.7 Å². The van der Waals surface area contributed by atoms with E-state index in [1.807, 2.05) is 24.0 Å². The van der Waals surface area contributed by atoms with Gasteiger partial charge in [-0.1, -0.05) is 41.9 Å². The molecule has 250 valence electrons. The van der Waals surface area contributed by atoms with Gasteiger partial charge in [0.1, 0.15) is 12.4 Å². The van der Waals surface area contributed by atoms with Crippen LogP contribution in [0.5, 0.6) is 6.01 Å². The van der Waals surface area contributed by atoms with Crippen LogP contribution in [-0.2, 0) is 22.5 Å². The molecule has 4 aliphatic rings. The van der Waals surface area contributed by atoms with Crippen molar-refractivity contribution in [3.8, 4) is 6.01 Å². The third-order valence-electron chi connectivity index (χ3n) is 10.2. The van der Waals surface area contributed by atoms with Crippen LogP contribution >= 0.6 is 11.6 Å². The number of likely N-dealkylation sites (tertiary alicyclic amines) is 1. The first-order chi connectivity index (χ1) is 22.9. The molecular formula is C36H46ClN7O3. The standard InChI is InChI=1S/C36H46ClN7O3/c1-26(11-14-41-20-22-46-23-21-41)35(45)43-18-16-42(17-19-43)34-29-12-15-44(32-10-4-7-27-6-3-9-30(37)33(27)32)24-31(29)38-36(39-34)47-25-28-8-5-13-40(28)2/h3-4,6-7,9-11,28H,5,8,12-25H2,1-2H3/b26-11+/t28-/m0/s1.